The molecule has 0 aliphatic carbocycles. The minimum absolute atomic E-state index is 0.0583. The molecule has 8 heteroatoms. The van der Waals surface area contributed by atoms with Gasteiger partial charge in [0, 0.05) is 16.2 Å². The molecule has 0 bridgehead atoms. The second-order valence-corrected chi connectivity index (χ2v) is 9.56. The quantitative estimate of drug-likeness (QED) is 0.542. The average molecular weight is 445 g/mol. The van der Waals surface area contributed by atoms with Crippen LogP contribution in [-0.4, -0.2) is 38.6 Å². The number of nitrogens with zero attached hydrogens (tertiary/aromatic N) is 3. The van der Waals surface area contributed by atoms with Crippen LogP contribution in [0.3, 0.4) is 0 Å². The molecule has 0 radical (unpaired) electrons. The van der Waals surface area contributed by atoms with E-state index >= 15 is 0 Å². The topological polar surface area (TPSA) is 69.0 Å². The number of rotatable bonds is 6. The van der Waals surface area contributed by atoms with Crippen molar-refractivity contribution in [1.82, 2.24) is 20.1 Å². The first kappa shape index (κ1) is 22.2. The van der Waals surface area contributed by atoms with E-state index in [1.165, 1.54) is 11.8 Å². The standard InChI is InChI=1S/C22H25ClN4O2S/c1-14(20(28)24-22(2,3)4)30-21-26-25-19(17-8-6-7-9-18(17)29-5)27(21)16-12-10-15(23)11-13-16/h6-14H,1-5H3,(H,24,28). The van der Waals surface area contributed by atoms with Crippen LogP contribution in [0.2, 0.25) is 5.02 Å². The number of ether oxygens (including phenoxy) is 1. The van der Waals surface area contributed by atoms with Crippen LogP contribution >= 0.6 is 23.4 Å². The summed E-state index contributed by atoms with van der Waals surface area (Å²) in [5, 5.41) is 12.7. The van der Waals surface area contributed by atoms with Crippen LogP contribution in [0, 0.1) is 0 Å². The summed E-state index contributed by atoms with van der Waals surface area (Å²) >= 11 is 7.44. The van der Waals surface area contributed by atoms with Crippen LogP contribution in [0.1, 0.15) is 27.7 Å². The molecule has 6 nitrogen and oxygen atoms in total. The predicted octanol–water partition coefficient (Wildman–Crippen LogP) is 4.99. The number of para-hydroxylation sites is 1. The van der Waals surface area contributed by atoms with Gasteiger partial charge < -0.3 is 10.1 Å². The second kappa shape index (κ2) is 9.10. The van der Waals surface area contributed by atoms with Gasteiger partial charge in [-0.2, -0.15) is 0 Å². The Balaban J connectivity index is 2.05. The highest BCUT2D eigenvalue weighted by atomic mass is 35.5. The maximum atomic E-state index is 12.6. The molecule has 1 atom stereocenters. The first-order valence-corrected chi connectivity index (χ1v) is 10.8. The number of amides is 1. The van der Waals surface area contributed by atoms with Gasteiger partial charge in [0.1, 0.15) is 5.75 Å². The molecule has 3 rings (SSSR count). The molecule has 1 unspecified atom stereocenters. The highest BCUT2D eigenvalue weighted by molar-refractivity contribution is 8.00. The fraction of sp³-hybridized carbons (Fsp3) is 0.318. The number of aromatic nitrogens is 3. The van der Waals surface area contributed by atoms with Crippen molar-refractivity contribution < 1.29 is 9.53 Å². The third-order valence-electron chi connectivity index (χ3n) is 4.22. The molecule has 0 aliphatic heterocycles. The molecule has 0 fully saturated rings. The van der Waals surface area contributed by atoms with Crippen LogP contribution in [0.15, 0.2) is 53.7 Å². The lowest BCUT2D eigenvalue weighted by Gasteiger charge is -2.23. The number of benzene rings is 2. The predicted molar refractivity (Wildman–Crippen MR) is 122 cm³/mol. The summed E-state index contributed by atoms with van der Waals surface area (Å²) in [4.78, 5) is 12.6. The summed E-state index contributed by atoms with van der Waals surface area (Å²) in [5.41, 5.74) is 1.34. The molecule has 1 N–H and O–H groups in total. The lowest BCUT2D eigenvalue weighted by molar-refractivity contribution is -0.121. The number of halogens is 1. The highest BCUT2D eigenvalue weighted by Crippen LogP contribution is 2.34. The molecule has 2 aromatic carbocycles. The van der Waals surface area contributed by atoms with Gasteiger partial charge in [-0.15, -0.1) is 10.2 Å². The van der Waals surface area contributed by atoms with Crippen LogP contribution in [0.25, 0.3) is 17.1 Å². The fourth-order valence-electron chi connectivity index (χ4n) is 2.86. The lowest BCUT2D eigenvalue weighted by Crippen LogP contribution is -2.44. The number of thioether (sulfide) groups is 1. The van der Waals surface area contributed by atoms with Crippen molar-refractivity contribution in [2.75, 3.05) is 7.11 Å². The van der Waals surface area contributed by atoms with Crippen molar-refractivity contribution in [2.24, 2.45) is 0 Å². The molecule has 0 aliphatic rings. The van der Waals surface area contributed by atoms with Gasteiger partial charge >= 0.3 is 0 Å². The van der Waals surface area contributed by atoms with Gasteiger partial charge in [-0.1, -0.05) is 35.5 Å². The third-order valence-corrected chi connectivity index (χ3v) is 5.51. The molecule has 0 spiro atoms. The van der Waals surface area contributed by atoms with Gasteiger partial charge in [-0.05, 0) is 64.1 Å². The van der Waals surface area contributed by atoms with E-state index in [0.29, 0.717) is 21.8 Å². The summed E-state index contributed by atoms with van der Waals surface area (Å²) in [6.45, 7) is 7.73. The van der Waals surface area contributed by atoms with Crippen LogP contribution in [0.5, 0.6) is 5.75 Å². The zero-order valence-corrected chi connectivity index (χ0v) is 19.2. The smallest absolute Gasteiger partial charge is 0.233 e. The summed E-state index contributed by atoms with van der Waals surface area (Å²) in [7, 11) is 1.62. The number of hydrogen-bond acceptors (Lipinski definition) is 5. The number of hydrogen-bond donors (Lipinski definition) is 1. The summed E-state index contributed by atoms with van der Waals surface area (Å²) in [6.07, 6.45) is 0. The SMILES string of the molecule is COc1ccccc1-c1nnc(SC(C)C(=O)NC(C)(C)C)n1-c1ccc(Cl)cc1. The van der Waals surface area contributed by atoms with E-state index in [9.17, 15) is 4.79 Å². The lowest BCUT2D eigenvalue weighted by atomic mass is 10.1. The summed E-state index contributed by atoms with van der Waals surface area (Å²) in [5.74, 6) is 1.26. The Labute approximate surface area is 186 Å². The molecular weight excluding hydrogens is 420 g/mol. The summed E-state index contributed by atoms with van der Waals surface area (Å²) < 4.78 is 7.44. The Kier molecular flexibility index (Phi) is 6.73. The largest absolute Gasteiger partial charge is 0.496 e. The van der Waals surface area contributed by atoms with Gasteiger partial charge in [0.15, 0.2) is 11.0 Å². The van der Waals surface area contributed by atoms with E-state index < -0.39 is 0 Å². The number of carbonyl (C=O) groups excluding carboxylic acids is 1. The zero-order chi connectivity index (χ0) is 21.9. The van der Waals surface area contributed by atoms with Crippen LogP contribution < -0.4 is 10.1 Å². The van der Waals surface area contributed by atoms with Crippen LogP contribution in [0.4, 0.5) is 0 Å². The third kappa shape index (κ3) is 5.15. The number of nitrogens with one attached hydrogen (secondary N) is 1. The molecule has 3 aromatic rings. The molecule has 1 aromatic heterocycles. The monoisotopic (exact) mass is 444 g/mol. The molecule has 1 amide bonds. The van der Waals surface area contributed by atoms with Gasteiger partial charge in [0.2, 0.25) is 5.91 Å². The van der Waals surface area contributed by atoms with E-state index in [4.69, 9.17) is 16.3 Å². The minimum Gasteiger partial charge on any atom is -0.496 e. The van der Waals surface area contributed by atoms with Crippen molar-refractivity contribution in [3.05, 3.63) is 53.6 Å². The van der Waals surface area contributed by atoms with Crippen LogP contribution in [-0.2, 0) is 4.79 Å². The maximum absolute atomic E-state index is 12.6. The Morgan fingerprint density at radius 1 is 1.13 bits per heavy atom. The van der Waals surface area contributed by atoms with Gasteiger partial charge in [0.25, 0.3) is 0 Å². The molecule has 30 heavy (non-hydrogen) atoms. The Bertz CT molecular complexity index is 1030. The molecule has 0 saturated heterocycles. The van der Waals surface area contributed by atoms with Gasteiger partial charge in [-0.25, -0.2) is 0 Å². The van der Waals surface area contributed by atoms with E-state index in [-0.39, 0.29) is 16.7 Å². The molecular formula is C22H25ClN4O2S. The Morgan fingerprint density at radius 3 is 2.43 bits per heavy atom. The zero-order valence-electron chi connectivity index (χ0n) is 17.6. The molecule has 1 heterocycles. The first-order valence-electron chi connectivity index (χ1n) is 9.53. The van der Waals surface area contributed by atoms with Gasteiger partial charge in [0.05, 0.1) is 17.9 Å². The van der Waals surface area contributed by atoms with E-state index in [1.807, 2.05) is 80.8 Å². The fourth-order valence-corrected chi connectivity index (χ4v) is 3.85. The van der Waals surface area contributed by atoms with E-state index in [2.05, 4.69) is 15.5 Å². The number of methoxy groups -OCH3 is 1. The van der Waals surface area contributed by atoms with Crippen molar-refractivity contribution in [1.29, 1.82) is 0 Å². The molecule has 158 valence electrons. The van der Waals surface area contributed by atoms with Crippen molar-refractivity contribution in [2.45, 2.75) is 43.6 Å². The normalized spacial score (nSPS) is 12.5. The van der Waals surface area contributed by atoms with E-state index in [1.54, 1.807) is 7.11 Å². The summed E-state index contributed by atoms with van der Waals surface area (Å²) in [6, 6.07) is 15.1. The van der Waals surface area contributed by atoms with Crippen molar-refractivity contribution in [3.63, 3.8) is 0 Å². The second-order valence-electron chi connectivity index (χ2n) is 7.82. The maximum Gasteiger partial charge on any atom is 0.233 e. The average Bonchev–Trinajstić information content (AvgIpc) is 3.10. The first-order chi connectivity index (χ1) is 14.2. The van der Waals surface area contributed by atoms with Gasteiger partial charge in [-0.3, -0.25) is 9.36 Å². The van der Waals surface area contributed by atoms with Crippen molar-refractivity contribution >= 4 is 29.3 Å². The Hall–Kier alpha value is -2.51. The Morgan fingerprint density at radius 2 is 1.80 bits per heavy atom. The highest BCUT2D eigenvalue weighted by Gasteiger charge is 2.25. The number of carbonyl (C=O) groups is 1. The van der Waals surface area contributed by atoms with E-state index in [0.717, 1.165) is 11.3 Å². The minimum atomic E-state index is -0.356. The molecule has 0 saturated carbocycles. The van der Waals surface area contributed by atoms with Crippen molar-refractivity contribution in [3.8, 4) is 22.8 Å².